The van der Waals surface area contributed by atoms with E-state index in [1.54, 1.807) is 6.92 Å². The van der Waals surface area contributed by atoms with Crippen LogP contribution in [0.1, 0.15) is 32.6 Å². The van der Waals surface area contributed by atoms with Crippen molar-refractivity contribution in [3.05, 3.63) is 0 Å². The highest BCUT2D eigenvalue weighted by Gasteiger charge is 2.40. The second-order valence-corrected chi connectivity index (χ2v) is 6.90. The Balaban J connectivity index is 2.03. The van der Waals surface area contributed by atoms with Gasteiger partial charge in [0.25, 0.3) is 0 Å². The Morgan fingerprint density at radius 3 is 2.79 bits per heavy atom. The van der Waals surface area contributed by atoms with Crippen molar-refractivity contribution in [1.82, 2.24) is 4.31 Å². The quantitative estimate of drug-likeness (QED) is 0.691. The molecule has 0 spiro atoms. The standard InChI is InChI=1S/C12H21NO5S/c1-2-17-12(14)11-6-3-7-13(11)19(15,16)9-10-5-4-8-18-10/h10-11H,2-9H2,1H3. The molecule has 0 aliphatic carbocycles. The third kappa shape index (κ3) is 3.46. The number of ether oxygens (including phenoxy) is 2. The lowest BCUT2D eigenvalue weighted by molar-refractivity contribution is -0.146. The van der Waals surface area contributed by atoms with E-state index >= 15 is 0 Å². The van der Waals surface area contributed by atoms with Crippen molar-refractivity contribution in [2.75, 3.05) is 25.5 Å². The zero-order chi connectivity index (χ0) is 13.9. The Morgan fingerprint density at radius 1 is 1.37 bits per heavy atom. The summed E-state index contributed by atoms with van der Waals surface area (Å²) in [5, 5.41) is 0. The summed E-state index contributed by atoms with van der Waals surface area (Å²) in [6, 6.07) is -0.647. The molecule has 0 radical (unpaired) electrons. The van der Waals surface area contributed by atoms with Crippen molar-refractivity contribution in [3.63, 3.8) is 0 Å². The van der Waals surface area contributed by atoms with E-state index in [-0.39, 0.29) is 18.5 Å². The Morgan fingerprint density at radius 2 is 2.16 bits per heavy atom. The van der Waals surface area contributed by atoms with Crippen molar-refractivity contribution < 1.29 is 22.7 Å². The summed E-state index contributed by atoms with van der Waals surface area (Å²) < 4.78 is 36.3. The first-order chi connectivity index (χ1) is 9.04. The van der Waals surface area contributed by atoms with Gasteiger partial charge in [0.1, 0.15) is 6.04 Å². The van der Waals surface area contributed by atoms with Crippen LogP contribution in [0.25, 0.3) is 0 Å². The van der Waals surface area contributed by atoms with E-state index in [1.165, 1.54) is 4.31 Å². The number of hydrogen-bond acceptors (Lipinski definition) is 5. The molecule has 0 saturated carbocycles. The van der Waals surface area contributed by atoms with E-state index < -0.39 is 22.0 Å². The van der Waals surface area contributed by atoms with Gasteiger partial charge in [-0.2, -0.15) is 4.31 Å². The average molecular weight is 291 g/mol. The number of sulfonamides is 1. The third-order valence-corrected chi connectivity index (χ3v) is 5.48. The van der Waals surface area contributed by atoms with Crippen molar-refractivity contribution in [1.29, 1.82) is 0 Å². The predicted octanol–water partition coefficient (Wildman–Crippen LogP) is 0.523. The molecule has 0 aromatic carbocycles. The molecule has 6 nitrogen and oxygen atoms in total. The fraction of sp³-hybridized carbons (Fsp3) is 0.917. The molecular formula is C12H21NO5S. The first kappa shape index (κ1) is 14.7. The number of rotatable bonds is 5. The molecule has 0 aromatic rings. The molecule has 0 N–H and O–H groups in total. The number of carbonyl (C=O) groups excluding carboxylic acids is 1. The highest BCUT2D eigenvalue weighted by molar-refractivity contribution is 7.89. The molecule has 2 saturated heterocycles. The number of hydrogen-bond donors (Lipinski definition) is 0. The summed E-state index contributed by atoms with van der Waals surface area (Å²) in [4.78, 5) is 11.8. The van der Waals surface area contributed by atoms with Gasteiger partial charge in [0.2, 0.25) is 10.0 Å². The summed E-state index contributed by atoms with van der Waals surface area (Å²) in [6.07, 6.45) is 2.70. The summed E-state index contributed by atoms with van der Waals surface area (Å²) in [6.45, 7) is 3.02. The Hall–Kier alpha value is -0.660. The highest BCUT2D eigenvalue weighted by Crippen LogP contribution is 2.25. The summed E-state index contributed by atoms with van der Waals surface area (Å²) in [5.74, 6) is -0.459. The van der Waals surface area contributed by atoms with Crippen molar-refractivity contribution in [2.45, 2.75) is 44.8 Å². The highest BCUT2D eigenvalue weighted by atomic mass is 32.2. The minimum absolute atomic E-state index is 0.0249. The molecule has 0 aromatic heterocycles. The molecule has 2 heterocycles. The SMILES string of the molecule is CCOC(=O)C1CCCN1S(=O)(=O)CC1CCCO1. The minimum atomic E-state index is -3.45. The molecule has 0 bridgehead atoms. The summed E-state index contributed by atoms with van der Waals surface area (Å²) >= 11 is 0. The van der Waals surface area contributed by atoms with Crippen LogP contribution >= 0.6 is 0 Å². The molecule has 2 atom stereocenters. The van der Waals surface area contributed by atoms with Gasteiger partial charge >= 0.3 is 5.97 Å². The first-order valence-electron chi connectivity index (χ1n) is 6.82. The largest absolute Gasteiger partial charge is 0.465 e. The van der Waals surface area contributed by atoms with Gasteiger partial charge in [-0.25, -0.2) is 8.42 Å². The lowest BCUT2D eigenvalue weighted by atomic mass is 10.2. The lowest BCUT2D eigenvalue weighted by Crippen LogP contribution is -2.44. The molecule has 2 aliphatic rings. The van der Waals surface area contributed by atoms with Gasteiger partial charge < -0.3 is 9.47 Å². The van der Waals surface area contributed by atoms with E-state index in [9.17, 15) is 13.2 Å². The van der Waals surface area contributed by atoms with Gasteiger partial charge in [0.05, 0.1) is 18.5 Å². The molecule has 2 fully saturated rings. The smallest absolute Gasteiger partial charge is 0.324 e. The van der Waals surface area contributed by atoms with Gasteiger partial charge in [-0.3, -0.25) is 4.79 Å². The van der Waals surface area contributed by atoms with Crippen LogP contribution in [0.4, 0.5) is 0 Å². The lowest BCUT2D eigenvalue weighted by Gasteiger charge is -2.23. The average Bonchev–Trinajstić information content (AvgIpc) is 2.98. The maximum Gasteiger partial charge on any atom is 0.324 e. The van der Waals surface area contributed by atoms with Gasteiger partial charge in [-0.15, -0.1) is 0 Å². The van der Waals surface area contributed by atoms with Gasteiger partial charge in [0.15, 0.2) is 0 Å². The molecule has 2 aliphatic heterocycles. The molecule has 0 amide bonds. The van der Waals surface area contributed by atoms with E-state index in [4.69, 9.17) is 9.47 Å². The van der Waals surface area contributed by atoms with Crippen LogP contribution < -0.4 is 0 Å². The van der Waals surface area contributed by atoms with Gasteiger partial charge in [-0.05, 0) is 32.6 Å². The van der Waals surface area contributed by atoms with Crippen LogP contribution in [0.2, 0.25) is 0 Å². The number of nitrogens with zero attached hydrogens (tertiary/aromatic N) is 1. The van der Waals surface area contributed by atoms with Crippen molar-refractivity contribution >= 4 is 16.0 Å². The van der Waals surface area contributed by atoms with E-state index in [2.05, 4.69) is 0 Å². The van der Waals surface area contributed by atoms with Crippen molar-refractivity contribution in [3.8, 4) is 0 Å². The third-order valence-electron chi connectivity index (χ3n) is 3.54. The second kappa shape index (κ2) is 6.19. The Bertz CT molecular complexity index is 416. The van der Waals surface area contributed by atoms with Crippen LogP contribution in [0.15, 0.2) is 0 Å². The monoisotopic (exact) mass is 291 g/mol. The topological polar surface area (TPSA) is 72.9 Å². The second-order valence-electron chi connectivity index (χ2n) is 4.93. The van der Waals surface area contributed by atoms with Crippen LogP contribution in [-0.4, -0.2) is 56.3 Å². The van der Waals surface area contributed by atoms with E-state index in [0.29, 0.717) is 26.0 Å². The normalized spacial score (nSPS) is 28.7. The Kier molecular flexibility index (Phi) is 4.81. The van der Waals surface area contributed by atoms with E-state index in [0.717, 1.165) is 12.8 Å². The molecule has 2 rings (SSSR count). The summed E-state index contributed by atoms with van der Waals surface area (Å²) in [7, 11) is -3.45. The molecule has 2 unspecified atom stereocenters. The Labute approximate surface area is 114 Å². The first-order valence-corrected chi connectivity index (χ1v) is 8.43. The van der Waals surface area contributed by atoms with Crippen LogP contribution in [-0.2, 0) is 24.3 Å². The zero-order valence-electron chi connectivity index (χ0n) is 11.2. The van der Waals surface area contributed by atoms with E-state index in [1.807, 2.05) is 0 Å². The number of carbonyl (C=O) groups is 1. The maximum absolute atomic E-state index is 12.3. The van der Waals surface area contributed by atoms with Crippen LogP contribution in [0, 0.1) is 0 Å². The number of esters is 1. The van der Waals surface area contributed by atoms with Crippen LogP contribution in [0.3, 0.4) is 0 Å². The minimum Gasteiger partial charge on any atom is -0.465 e. The molecule has 110 valence electrons. The van der Waals surface area contributed by atoms with Gasteiger partial charge in [0, 0.05) is 13.2 Å². The molecular weight excluding hydrogens is 270 g/mol. The molecule has 19 heavy (non-hydrogen) atoms. The van der Waals surface area contributed by atoms with Gasteiger partial charge in [-0.1, -0.05) is 0 Å². The summed E-state index contributed by atoms with van der Waals surface area (Å²) in [5.41, 5.74) is 0. The zero-order valence-corrected chi connectivity index (χ0v) is 12.0. The maximum atomic E-state index is 12.3. The fourth-order valence-corrected chi connectivity index (χ4v) is 4.56. The predicted molar refractivity (Wildman–Crippen MR) is 69.1 cm³/mol. The van der Waals surface area contributed by atoms with Crippen molar-refractivity contribution in [2.24, 2.45) is 0 Å². The fourth-order valence-electron chi connectivity index (χ4n) is 2.65. The van der Waals surface area contributed by atoms with Crippen LogP contribution in [0.5, 0.6) is 0 Å². The molecule has 7 heteroatoms.